The van der Waals surface area contributed by atoms with Gasteiger partial charge in [-0.3, -0.25) is 4.79 Å². The van der Waals surface area contributed by atoms with Crippen LogP contribution in [0.3, 0.4) is 0 Å². The van der Waals surface area contributed by atoms with Crippen LogP contribution in [0, 0.1) is 0 Å². The predicted octanol–water partition coefficient (Wildman–Crippen LogP) is 0.290. The third kappa shape index (κ3) is 2.36. The molecule has 1 aromatic rings. The van der Waals surface area contributed by atoms with Gasteiger partial charge in [-0.25, -0.2) is 0 Å². The Balaban J connectivity index is 2.14. The predicted molar refractivity (Wildman–Crippen MR) is 55.8 cm³/mol. The molecular formula is C10H15N3O2. The summed E-state index contributed by atoms with van der Waals surface area (Å²) in [6, 6.07) is 0.559. The Kier molecular flexibility index (Phi) is 2.73. The lowest BCUT2D eigenvalue weighted by Gasteiger charge is -2.04. The van der Waals surface area contributed by atoms with Crippen molar-refractivity contribution in [3.05, 3.63) is 21.7 Å². The lowest BCUT2D eigenvalue weighted by Crippen LogP contribution is -2.22. The van der Waals surface area contributed by atoms with Crippen molar-refractivity contribution in [1.82, 2.24) is 15.3 Å². The molecule has 1 aliphatic carbocycles. The Bertz CT molecular complexity index is 410. The summed E-state index contributed by atoms with van der Waals surface area (Å²) in [6.45, 7) is 2.32. The summed E-state index contributed by atoms with van der Waals surface area (Å²) in [5, 5.41) is 12.7. The van der Waals surface area contributed by atoms with Gasteiger partial charge in [0.15, 0.2) is 0 Å². The first-order valence-electron chi connectivity index (χ1n) is 5.25. The zero-order chi connectivity index (χ0) is 10.8. The Hall–Kier alpha value is -1.36. The number of aromatic amines is 1. The molecule has 0 aliphatic heterocycles. The lowest BCUT2D eigenvalue weighted by molar-refractivity contribution is 0.438. The highest BCUT2D eigenvalue weighted by Crippen LogP contribution is 2.19. The zero-order valence-electron chi connectivity index (χ0n) is 8.71. The van der Waals surface area contributed by atoms with Crippen LogP contribution in [0.5, 0.6) is 5.88 Å². The van der Waals surface area contributed by atoms with Gasteiger partial charge in [0.25, 0.3) is 5.56 Å². The van der Waals surface area contributed by atoms with Crippen LogP contribution < -0.4 is 10.9 Å². The zero-order valence-corrected chi connectivity index (χ0v) is 8.71. The fraction of sp³-hybridized carbons (Fsp3) is 0.600. The van der Waals surface area contributed by atoms with E-state index in [2.05, 4.69) is 15.3 Å². The van der Waals surface area contributed by atoms with Crippen molar-refractivity contribution in [2.45, 2.75) is 38.8 Å². The summed E-state index contributed by atoms with van der Waals surface area (Å²) in [7, 11) is 0. The number of nitrogens with one attached hydrogen (secondary N) is 2. The van der Waals surface area contributed by atoms with E-state index in [1.807, 2.05) is 6.92 Å². The fourth-order valence-electron chi connectivity index (χ4n) is 1.46. The molecule has 0 bridgehead atoms. The molecule has 15 heavy (non-hydrogen) atoms. The van der Waals surface area contributed by atoms with Crippen LogP contribution in [0.4, 0.5) is 0 Å². The van der Waals surface area contributed by atoms with Gasteiger partial charge in [-0.2, -0.15) is 4.98 Å². The smallest absolute Gasteiger partial charge is 0.257 e. The molecule has 0 saturated heterocycles. The first-order chi connectivity index (χ1) is 7.20. The molecule has 1 fully saturated rings. The average Bonchev–Trinajstić information content (AvgIpc) is 2.97. The first-order valence-corrected chi connectivity index (χ1v) is 5.25. The molecule has 3 N–H and O–H groups in total. The number of nitrogens with zero attached hydrogens (tertiary/aromatic N) is 1. The first kappa shape index (κ1) is 10.2. The van der Waals surface area contributed by atoms with Crippen LogP contribution in [0.1, 0.15) is 31.2 Å². The summed E-state index contributed by atoms with van der Waals surface area (Å²) in [6.07, 6.45) is 2.86. The molecule has 5 heteroatoms. The second-order valence-corrected chi connectivity index (χ2v) is 3.82. The molecular weight excluding hydrogens is 194 g/mol. The van der Waals surface area contributed by atoms with Gasteiger partial charge in [0.05, 0.1) is 12.1 Å². The van der Waals surface area contributed by atoms with Crippen molar-refractivity contribution in [1.29, 1.82) is 0 Å². The fourth-order valence-corrected chi connectivity index (χ4v) is 1.46. The molecule has 2 rings (SSSR count). The van der Waals surface area contributed by atoms with Crippen molar-refractivity contribution in [2.75, 3.05) is 0 Å². The minimum Gasteiger partial charge on any atom is -0.493 e. The highest BCUT2D eigenvalue weighted by atomic mass is 16.3. The monoisotopic (exact) mass is 209 g/mol. The maximum absolute atomic E-state index is 11.5. The summed E-state index contributed by atoms with van der Waals surface area (Å²) < 4.78 is 0. The van der Waals surface area contributed by atoms with E-state index in [-0.39, 0.29) is 11.4 Å². The van der Waals surface area contributed by atoms with Gasteiger partial charge >= 0.3 is 0 Å². The molecule has 5 nitrogen and oxygen atoms in total. The van der Waals surface area contributed by atoms with Gasteiger partial charge in [-0.05, 0) is 19.3 Å². The van der Waals surface area contributed by atoms with E-state index in [0.29, 0.717) is 30.4 Å². The van der Waals surface area contributed by atoms with Crippen molar-refractivity contribution >= 4 is 0 Å². The van der Waals surface area contributed by atoms with Crippen LogP contribution in [-0.4, -0.2) is 21.1 Å². The van der Waals surface area contributed by atoms with E-state index in [9.17, 15) is 9.90 Å². The minimum atomic E-state index is -0.238. The van der Waals surface area contributed by atoms with E-state index < -0.39 is 0 Å². The van der Waals surface area contributed by atoms with E-state index >= 15 is 0 Å². The molecule has 1 saturated carbocycles. The quantitative estimate of drug-likeness (QED) is 0.666. The second-order valence-electron chi connectivity index (χ2n) is 3.82. The number of hydrogen-bond acceptors (Lipinski definition) is 4. The second kappa shape index (κ2) is 4.02. The van der Waals surface area contributed by atoms with E-state index in [0.717, 1.165) is 0 Å². The Labute approximate surface area is 87.6 Å². The molecule has 0 radical (unpaired) electrons. The molecule has 0 aromatic carbocycles. The minimum absolute atomic E-state index is 0.145. The highest BCUT2D eigenvalue weighted by Gasteiger charge is 2.20. The maximum atomic E-state index is 11.5. The lowest BCUT2D eigenvalue weighted by atomic mass is 10.2. The largest absolute Gasteiger partial charge is 0.493 e. The normalized spacial score (nSPS) is 15.5. The van der Waals surface area contributed by atoms with Crippen molar-refractivity contribution in [3.8, 4) is 5.88 Å². The van der Waals surface area contributed by atoms with Crippen LogP contribution in [0.15, 0.2) is 4.79 Å². The third-order valence-electron chi connectivity index (χ3n) is 2.53. The molecule has 0 spiro atoms. The number of aromatic nitrogens is 2. The van der Waals surface area contributed by atoms with Crippen molar-refractivity contribution in [3.63, 3.8) is 0 Å². The van der Waals surface area contributed by atoms with Gasteiger partial charge in [-0.15, -0.1) is 0 Å². The van der Waals surface area contributed by atoms with E-state index in [4.69, 9.17) is 0 Å². The topological polar surface area (TPSA) is 78.0 Å². The highest BCUT2D eigenvalue weighted by molar-refractivity contribution is 5.22. The molecule has 0 amide bonds. The van der Waals surface area contributed by atoms with Gasteiger partial charge in [0.2, 0.25) is 5.88 Å². The summed E-state index contributed by atoms with van der Waals surface area (Å²) in [5.74, 6) is 0.357. The SMILES string of the molecule is CCc1c(O)nc(CNC2CC2)[nH]c1=O. The summed E-state index contributed by atoms with van der Waals surface area (Å²) in [5.41, 5.74) is 0.114. The number of hydrogen-bond donors (Lipinski definition) is 3. The van der Waals surface area contributed by atoms with Crippen molar-refractivity contribution in [2.24, 2.45) is 0 Å². The van der Waals surface area contributed by atoms with Crippen molar-refractivity contribution < 1.29 is 5.11 Å². The van der Waals surface area contributed by atoms with Gasteiger partial charge in [0, 0.05) is 6.04 Å². The number of aromatic hydroxyl groups is 1. The molecule has 1 heterocycles. The van der Waals surface area contributed by atoms with E-state index in [1.165, 1.54) is 12.8 Å². The van der Waals surface area contributed by atoms with Gasteiger partial charge in [-0.1, -0.05) is 6.92 Å². The average molecular weight is 209 g/mol. The standard InChI is InChI=1S/C10H15N3O2/c1-2-7-9(14)12-8(13-10(7)15)5-11-6-3-4-6/h6,11H,2-5H2,1H3,(H2,12,13,14,15). The Morgan fingerprint density at radius 1 is 1.60 bits per heavy atom. The Morgan fingerprint density at radius 2 is 2.33 bits per heavy atom. The molecule has 82 valence electrons. The molecule has 1 aliphatic rings. The van der Waals surface area contributed by atoms with Crippen LogP contribution >= 0.6 is 0 Å². The Morgan fingerprint density at radius 3 is 2.87 bits per heavy atom. The van der Waals surface area contributed by atoms with Gasteiger partial charge < -0.3 is 15.4 Å². The summed E-state index contributed by atoms with van der Waals surface area (Å²) >= 11 is 0. The number of rotatable bonds is 4. The van der Waals surface area contributed by atoms with E-state index in [1.54, 1.807) is 0 Å². The molecule has 1 aromatic heterocycles. The summed E-state index contributed by atoms with van der Waals surface area (Å²) in [4.78, 5) is 18.1. The maximum Gasteiger partial charge on any atom is 0.257 e. The molecule has 0 unspecified atom stereocenters. The van der Waals surface area contributed by atoms with Crippen LogP contribution in [0.25, 0.3) is 0 Å². The number of H-pyrrole nitrogens is 1. The third-order valence-corrected chi connectivity index (χ3v) is 2.53. The van der Waals surface area contributed by atoms with Gasteiger partial charge in [0.1, 0.15) is 5.82 Å². The van der Waals surface area contributed by atoms with Crippen LogP contribution in [-0.2, 0) is 13.0 Å². The van der Waals surface area contributed by atoms with Crippen LogP contribution in [0.2, 0.25) is 0 Å². The molecule has 0 atom stereocenters.